The number of rotatable bonds is 9. The summed E-state index contributed by atoms with van der Waals surface area (Å²) in [5, 5.41) is 8.61. The first-order chi connectivity index (χ1) is 13.2. The zero-order chi connectivity index (χ0) is 20.7. The third-order valence-electron chi connectivity index (χ3n) is 5.15. The Balaban J connectivity index is 1.97. The second kappa shape index (κ2) is 9.85. The molecule has 1 aliphatic carbocycles. The van der Waals surface area contributed by atoms with Crippen LogP contribution in [-0.4, -0.2) is 16.9 Å². The van der Waals surface area contributed by atoms with Gasteiger partial charge in [-0.3, -0.25) is 9.59 Å². The summed E-state index contributed by atoms with van der Waals surface area (Å²) >= 11 is 0. The molecule has 0 aromatic heterocycles. The average molecular weight is 400 g/mol. The molecule has 0 amide bonds. The van der Waals surface area contributed by atoms with E-state index in [9.17, 15) is 27.2 Å². The van der Waals surface area contributed by atoms with Gasteiger partial charge in [-0.2, -0.15) is 13.2 Å². The highest BCUT2D eigenvalue weighted by Crippen LogP contribution is 2.36. The third kappa shape index (κ3) is 6.46. The fourth-order valence-corrected chi connectivity index (χ4v) is 3.68. The normalized spacial score (nSPS) is 20.2. The molecule has 1 saturated carbocycles. The number of halogens is 4. The van der Waals surface area contributed by atoms with Crippen molar-refractivity contribution in [2.45, 2.75) is 57.5 Å². The molecule has 1 aromatic rings. The number of carbonyl (C=O) groups excluding carboxylic acids is 1. The Morgan fingerprint density at radius 3 is 2.57 bits per heavy atom. The van der Waals surface area contributed by atoms with Gasteiger partial charge in [0.25, 0.3) is 0 Å². The molecule has 1 aromatic carbocycles. The van der Waals surface area contributed by atoms with Crippen molar-refractivity contribution in [2.75, 3.05) is 0 Å². The van der Waals surface area contributed by atoms with Gasteiger partial charge in [0.2, 0.25) is 0 Å². The summed E-state index contributed by atoms with van der Waals surface area (Å²) in [6.45, 7) is 0. The molecule has 28 heavy (non-hydrogen) atoms. The van der Waals surface area contributed by atoms with Crippen molar-refractivity contribution in [3.8, 4) is 0 Å². The highest BCUT2D eigenvalue weighted by atomic mass is 19.4. The first-order valence-corrected chi connectivity index (χ1v) is 9.48. The van der Waals surface area contributed by atoms with E-state index in [1.54, 1.807) is 6.08 Å². The molecule has 0 bridgehead atoms. The number of ketones is 1. The first-order valence-electron chi connectivity index (χ1n) is 9.48. The van der Waals surface area contributed by atoms with E-state index in [-0.39, 0.29) is 29.6 Å². The zero-order valence-corrected chi connectivity index (χ0v) is 15.5. The topological polar surface area (TPSA) is 54.4 Å². The Morgan fingerprint density at radius 1 is 1.18 bits per heavy atom. The van der Waals surface area contributed by atoms with Gasteiger partial charge < -0.3 is 5.11 Å². The van der Waals surface area contributed by atoms with Crippen LogP contribution >= 0.6 is 0 Å². The zero-order valence-electron chi connectivity index (χ0n) is 15.5. The lowest BCUT2D eigenvalue weighted by Gasteiger charge is -2.15. The smallest absolute Gasteiger partial charge is 0.417 e. The van der Waals surface area contributed by atoms with Crippen LogP contribution in [-0.2, 0) is 15.8 Å². The molecule has 0 spiro atoms. The van der Waals surface area contributed by atoms with Crippen LogP contribution in [0, 0.1) is 17.7 Å². The maximum atomic E-state index is 13.2. The van der Waals surface area contributed by atoms with Crippen LogP contribution in [0.2, 0.25) is 0 Å². The molecule has 0 heterocycles. The van der Waals surface area contributed by atoms with Crippen LogP contribution in [0.4, 0.5) is 17.6 Å². The van der Waals surface area contributed by atoms with E-state index in [4.69, 9.17) is 5.11 Å². The number of hydrogen-bond donors (Lipinski definition) is 1. The molecular formula is C21H24F4O3. The molecule has 1 fully saturated rings. The summed E-state index contributed by atoms with van der Waals surface area (Å²) < 4.78 is 52.5. The maximum Gasteiger partial charge on any atom is 0.417 e. The van der Waals surface area contributed by atoms with E-state index in [0.29, 0.717) is 31.7 Å². The third-order valence-corrected chi connectivity index (χ3v) is 5.15. The molecule has 0 radical (unpaired) electrons. The lowest BCUT2D eigenvalue weighted by atomic mass is 9.89. The largest absolute Gasteiger partial charge is 0.481 e. The van der Waals surface area contributed by atoms with Gasteiger partial charge in [0.1, 0.15) is 11.6 Å². The van der Waals surface area contributed by atoms with Gasteiger partial charge in [-0.25, -0.2) is 4.39 Å². The quantitative estimate of drug-likeness (QED) is 0.416. The molecular weight excluding hydrogens is 376 g/mol. The Hall–Kier alpha value is -2.18. The van der Waals surface area contributed by atoms with Crippen molar-refractivity contribution in [1.29, 1.82) is 0 Å². The number of carboxylic acids is 1. The molecule has 2 atom stereocenters. The van der Waals surface area contributed by atoms with E-state index >= 15 is 0 Å². The summed E-state index contributed by atoms with van der Waals surface area (Å²) in [5.74, 6) is -1.99. The molecule has 1 aliphatic rings. The van der Waals surface area contributed by atoms with Crippen LogP contribution in [0.5, 0.6) is 0 Å². The lowest BCUT2D eigenvalue weighted by molar-refractivity contribution is -0.138. The summed E-state index contributed by atoms with van der Waals surface area (Å²) in [6.07, 6.45) is 3.10. The fraction of sp³-hybridized carbons (Fsp3) is 0.524. The number of carbonyl (C=O) groups is 2. The van der Waals surface area contributed by atoms with Gasteiger partial charge in [0, 0.05) is 18.8 Å². The van der Waals surface area contributed by atoms with Crippen LogP contribution in [0.1, 0.15) is 62.5 Å². The maximum absolute atomic E-state index is 13.2. The second-order valence-electron chi connectivity index (χ2n) is 7.21. The summed E-state index contributed by atoms with van der Waals surface area (Å²) in [7, 11) is 0. The Labute approximate surface area is 161 Å². The second-order valence-corrected chi connectivity index (χ2v) is 7.21. The van der Waals surface area contributed by atoms with Crippen molar-refractivity contribution in [3.63, 3.8) is 0 Å². The van der Waals surface area contributed by atoms with Crippen LogP contribution in [0.3, 0.4) is 0 Å². The van der Waals surface area contributed by atoms with E-state index in [2.05, 4.69) is 0 Å². The molecule has 154 valence electrons. The molecule has 7 heteroatoms. The molecule has 1 N–H and O–H groups in total. The van der Waals surface area contributed by atoms with Gasteiger partial charge >= 0.3 is 12.1 Å². The summed E-state index contributed by atoms with van der Waals surface area (Å²) in [4.78, 5) is 22.6. The Kier molecular flexibility index (Phi) is 7.78. The van der Waals surface area contributed by atoms with Gasteiger partial charge in [-0.05, 0) is 42.9 Å². The molecule has 0 saturated heterocycles. The predicted molar refractivity (Wildman–Crippen MR) is 97.0 cm³/mol. The number of hydrogen-bond acceptors (Lipinski definition) is 2. The van der Waals surface area contributed by atoms with E-state index < -0.39 is 23.5 Å². The van der Waals surface area contributed by atoms with Crippen molar-refractivity contribution >= 4 is 17.8 Å². The standard InChI is InChI=1S/C21H24F4O3/c22-16-11-9-15(18(13-16)21(23,24)25)8-7-14-10-12-19(26)17(14)5-3-1-2-4-6-20(27)28/h7-9,11,13-14,17H,1-6,10,12H2,(H,27,28)/t14-,17+/m1/s1. The molecule has 0 unspecified atom stereocenters. The Bertz CT molecular complexity index is 725. The number of alkyl halides is 3. The first kappa shape index (κ1) is 22.1. The van der Waals surface area contributed by atoms with Gasteiger partial charge in [0.15, 0.2) is 0 Å². The number of unbranched alkanes of at least 4 members (excludes halogenated alkanes) is 3. The van der Waals surface area contributed by atoms with Crippen molar-refractivity contribution in [3.05, 3.63) is 41.2 Å². The number of allylic oxidation sites excluding steroid dienone is 1. The lowest BCUT2D eigenvalue weighted by Crippen LogP contribution is -2.13. The van der Waals surface area contributed by atoms with Crippen LogP contribution in [0.25, 0.3) is 6.08 Å². The van der Waals surface area contributed by atoms with Gasteiger partial charge in [-0.15, -0.1) is 0 Å². The number of benzene rings is 1. The summed E-state index contributed by atoms with van der Waals surface area (Å²) in [5.41, 5.74) is -1.14. The summed E-state index contributed by atoms with van der Waals surface area (Å²) in [6, 6.07) is 2.57. The monoisotopic (exact) mass is 400 g/mol. The highest BCUT2D eigenvalue weighted by Gasteiger charge is 2.34. The molecule has 3 nitrogen and oxygen atoms in total. The SMILES string of the molecule is O=C(O)CCCCCC[C@@H]1C(=O)CC[C@H]1C=Cc1ccc(F)cc1C(F)(F)F. The minimum atomic E-state index is -4.65. The molecule has 2 rings (SSSR count). The number of aliphatic carboxylic acids is 1. The van der Waals surface area contributed by atoms with Gasteiger partial charge in [-0.1, -0.05) is 37.5 Å². The van der Waals surface area contributed by atoms with Crippen molar-refractivity contribution in [2.24, 2.45) is 11.8 Å². The van der Waals surface area contributed by atoms with Gasteiger partial charge in [0.05, 0.1) is 5.56 Å². The van der Waals surface area contributed by atoms with E-state index in [1.807, 2.05) is 0 Å². The number of Topliss-reactive ketones (excluding diaryl/α,β-unsaturated/α-hetero) is 1. The van der Waals surface area contributed by atoms with Crippen molar-refractivity contribution < 1.29 is 32.3 Å². The minimum absolute atomic E-state index is 0.110. The van der Waals surface area contributed by atoms with Crippen molar-refractivity contribution in [1.82, 2.24) is 0 Å². The fourth-order valence-electron chi connectivity index (χ4n) is 3.68. The van der Waals surface area contributed by atoms with E-state index in [1.165, 1.54) is 6.08 Å². The average Bonchev–Trinajstić information content (AvgIpc) is 2.96. The Morgan fingerprint density at radius 2 is 1.89 bits per heavy atom. The molecule has 0 aliphatic heterocycles. The highest BCUT2D eigenvalue weighted by molar-refractivity contribution is 5.84. The van der Waals surface area contributed by atoms with Crippen LogP contribution in [0.15, 0.2) is 24.3 Å². The number of carboxylic acid groups (broad SMARTS) is 1. The van der Waals surface area contributed by atoms with E-state index in [0.717, 1.165) is 31.4 Å². The van der Waals surface area contributed by atoms with Crippen LogP contribution < -0.4 is 0 Å². The predicted octanol–water partition coefficient (Wildman–Crippen LogP) is 5.88. The minimum Gasteiger partial charge on any atom is -0.481 e.